The Hall–Kier alpha value is -1.57. The van der Waals surface area contributed by atoms with Gasteiger partial charge in [0.2, 0.25) is 0 Å². The zero-order chi connectivity index (χ0) is 9.97. The zero-order valence-corrected chi connectivity index (χ0v) is 8.40. The van der Waals surface area contributed by atoms with Gasteiger partial charge in [0.15, 0.2) is 5.76 Å². The summed E-state index contributed by atoms with van der Waals surface area (Å²) in [6, 6.07) is 10.2. The molecule has 2 nitrogen and oxygen atoms in total. The molecular formula is C12H13NO. The molecule has 2 aromatic rings. The van der Waals surface area contributed by atoms with Crippen molar-refractivity contribution < 1.29 is 4.52 Å². The minimum absolute atomic E-state index is 0.497. The molecule has 0 fully saturated rings. The van der Waals surface area contributed by atoms with Gasteiger partial charge >= 0.3 is 0 Å². The quantitative estimate of drug-likeness (QED) is 0.719. The maximum Gasteiger partial charge on any atom is 0.167 e. The van der Waals surface area contributed by atoms with E-state index in [2.05, 4.69) is 37.2 Å². The van der Waals surface area contributed by atoms with Crippen LogP contribution in [-0.4, -0.2) is 5.16 Å². The molecule has 2 rings (SSSR count). The van der Waals surface area contributed by atoms with Crippen molar-refractivity contribution in [2.24, 2.45) is 0 Å². The van der Waals surface area contributed by atoms with Gasteiger partial charge in [0.25, 0.3) is 0 Å². The van der Waals surface area contributed by atoms with Crippen LogP contribution >= 0.6 is 0 Å². The zero-order valence-electron chi connectivity index (χ0n) is 8.40. The van der Waals surface area contributed by atoms with E-state index in [9.17, 15) is 0 Å². The SMILES string of the molecule is CC(C)c1ccccc1-c1ccno1. The Morgan fingerprint density at radius 3 is 2.57 bits per heavy atom. The molecule has 0 atom stereocenters. The third-order valence-corrected chi connectivity index (χ3v) is 2.29. The standard InChI is InChI=1S/C12H13NO/c1-9(2)10-5-3-4-6-11(10)12-7-8-13-14-12/h3-9H,1-2H3. The third kappa shape index (κ3) is 1.55. The van der Waals surface area contributed by atoms with E-state index < -0.39 is 0 Å². The first-order valence-electron chi connectivity index (χ1n) is 4.79. The van der Waals surface area contributed by atoms with E-state index >= 15 is 0 Å². The summed E-state index contributed by atoms with van der Waals surface area (Å²) in [6.45, 7) is 4.35. The van der Waals surface area contributed by atoms with Crippen molar-refractivity contribution in [1.29, 1.82) is 0 Å². The van der Waals surface area contributed by atoms with E-state index in [0.717, 1.165) is 11.3 Å². The van der Waals surface area contributed by atoms with Crippen LogP contribution in [0, 0.1) is 0 Å². The fraction of sp³-hybridized carbons (Fsp3) is 0.250. The highest BCUT2D eigenvalue weighted by atomic mass is 16.5. The van der Waals surface area contributed by atoms with Gasteiger partial charge < -0.3 is 4.52 Å². The Kier molecular flexibility index (Phi) is 2.35. The second kappa shape index (κ2) is 3.66. The first kappa shape index (κ1) is 9.00. The molecular weight excluding hydrogens is 174 g/mol. The summed E-state index contributed by atoms with van der Waals surface area (Å²) in [4.78, 5) is 0. The molecule has 0 unspecified atom stereocenters. The summed E-state index contributed by atoms with van der Waals surface area (Å²) in [6.07, 6.45) is 1.67. The van der Waals surface area contributed by atoms with Crippen molar-refractivity contribution in [3.8, 4) is 11.3 Å². The van der Waals surface area contributed by atoms with E-state index in [0.29, 0.717) is 5.92 Å². The molecule has 0 bridgehead atoms. The van der Waals surface area contributed by atoms with Crippen molar-refractivity contribution >= 4 is 0 Å². The van der Waals surface area contributed by atoms with Gasteiger partial charge in [-0.15, -0.1) is 0 Å². The maximum atomic E-state index is 5.16. The highest BCUT2D eigenvalue weighted by Gasteiger charge is 2.09. The fourth-order valence-corrected chi connectivity index (χ4v) is 1.58. The van der Waals surface area contributed by atoms with Crippen LogP contribution in [0.5, 0.6) is 0 Å². The highest BCUT2D eigenvalue weighted by molar-refractivity contribution is 5.62. The van der Waals surface area contributed by atoms with Gasteiger partial charge in [0.1, 0.15) is 0 Å². The van der Waals surface area contributed by atoms with Gasteiger partial charge in [-0.2, -0.15) is 0 Å². The number of nitrogens with zero attached hydrogens (tertiary/aromatic N) is 1. The largest absolute Gasteiger partial charge is 0.356 e. The van der Waals surface area contributed by atoms with Gasteiger partial charge in [0, 0.05) is 11.6 Å². The molecule has 72 valence electrons. The normalized spacial score (nSPS) is 10.8. The molecule has 0 aliphatic rings. The van der Waals surface area contributed by atoms with Gasteiger partial charge in [-0.25, -0.2) is 0 Å². The Morgan fingerprint density at radius 2 is 1.93 bits per heavy atom. The average Bonchev–Trinajstić information content (AvgIpc) is 2.70. The summed E-state index contributed by atoms with van der Waals surface area (Å²) in [5.41, 5.74) is 2.43. The lowest BCUT2D eigenvalue weighted by Crippen LogP contribution is -1.90. The minimum Gasteiger partial charge on any atom is -0.356 e. The Balaban J connectivity index is 2.53. The summed E-state index contributed by atoms with van der Waals surface area (Å²) >= 11 is 0. The molecule has 0 spiro atoms. The molecule has 0 saturated heterocycles. The number of benzene rings is 1. The lowest BCUT2D eigenvalue weighted by atomic mass is 9.96. The summed E-state index contributed by atoms with van der Waals surface area (Å²) in [7, 11) is 0. The number of rotatable bonds is 2. The van der Waals surface area contributed by atoms with Crippen LogP contribution in [0.3, 0.4) is 0 Å². The minimum atomic E-state index is 0.497. The van der Waals surface area contributed by atoms with Crippen LogP contribution in [0.4, 0.5) is 0 Å². The molecule has 0 aliphatic carbocycles. The van der Waals surface area contributed by atoms with E-state index in [-0.39, 0.29) is 0 Å². The van der Waals surface area contributed by atoms with Gasteiger partial charge in [-0.1, -0.05) is 43.3 Å². The predicted octanol–water partition coefficient (Wildman–Crippen LogP) is 3.47. The van der Waals surface area contributed by atoms with Crippen LogP contribution in [0.2, 0.25) is 0 Å². The van der Waals surface area contributed by atoms with Crippen molar-refractivity contribution in [1.82, 2.24) is 5.16 Å². The molecule has 1 aromatic carbocycles. The molecule has 1 aromatic heterocycles. The smallest absolute Gasteiger partial charge is 0.167 e. The summed E-state index contributed by atoms with van der Waals surface area (Å²) < 4.78 is 5.16. The predicted molar refractivity (Wildman–Crippen MR) is 56.0 cm³/mol. The fourth-order valence-electron chi connectivity index (χ4n) is 1.58. The topological polar surface area (TPSA) is 26.0 Å². The number of aromatic nitrogens is 1. The van der Waals surface area contributed by atoms with Crippen molar-refractivity contribution in [3.05, 3.63) is 42.1 Å². The van der Waals surface area contributed by atoms with E-state index in [1.165, 1.54) is 5.56 Å². The molecule has 0 amide bonds. The molecule has 1 heterocycles. The van der Waals surface area contributed by atoms with E-state index in [4.69, 9.17) is 4.52 Å². The number of hydrogen-bond acceptors (Lipinski definition) is 2. The third-order valence-electron chi connectivity index (χ3n) is 2.29. The van der Waals surface area contributed by atoms with Gasteiger partial charge in [-0.05, 0) is 11.5 Å². The molecule has 0 saturated carbocycles. The molecule has 0 radical (unpaired) electrons. The summed E-state index contributed by atoms with van der Waals surface area (Å²) in [5.74, 6) is 1.34. The second-order valence-corrected chi connectivity index (χ2v) is 3.62. The first-order chi connectivity index (χ1) is 6.79. The molecule has 2 heteroatoms. The first-order valence-corrected chi connectivity index (χ1v) is 4.79. The van der Waals surface area contributed by atoms with Crippen molar-refractivity contribution in [3.63, 3.8) is 0 Å². The van der Waals surface area contributed by atoms with E-state index in [1.807, 2.05) is 12.1 Å². The van der Waals surface area contributed by atoms with Crippen LogP contribution in [0.1, 0.15) is 25.3 Å². The Bertz CT molecular complexity index is 404. The lowest BCUT2D eigenvalue weighted by Gasteiger charge is -2.09. The van der Waals surface area contributed by atoms with Crippen molar-refractivity contribution in [2.75, 3.05) is 0 Å². The van der Waals surface area contributed by atoms with E-state index in [1.54, 1.807) is 6.20 Å². The lowest BCUT2D eigenvalue weighted by molar-refractivity contribution is 0.431. The second-order valence-electron chi connectivity index (χ2n) is 3.62. The van der Waals surface area contributed by atoms with Crippen molar-refractivity contribution in [2.45, 2.75) is 19.8 Å². The van der Waals surface area contributed by atoms with Gasteiger partial charge in [-0.3, -0.25) is 0 Å². The van der Waals surface area contributed by atoms with Crippen LogP contribution in [0.25, 0.3) is 11.3 Å². The Labute approximate surface area is 83.5 Å². The molecule has 0 aliphatic heterocycles. The summed E-state index contributed by atoms with van der Waals surface area (Å²) in [5, 5.41) is 3.72. The number of hydrogen-bond donors (Lipinski definition) is 0. The monoisotopic (exact) mass is 187 g/mol. The van der Waals surface area contributed by atoms with Gasteiger partial charge in [0.05, 0.1) is 6.20 Å². The molecule has 0 N–H and O–H groups in total. The Morgan fingerprint density at radius 1 is 1.14 bits per heavy atom. The maximum absolute atomic E-state index is 5.16. The molecule has 14 heavy (non-hydrogen) atoms. The van der Waals surface area contributed by atoms with Crippen LogP contribution in [-0.2, 0) is 0 Å². The van der Waals surface area contributed by atoms with Crippen LogP contribution in [0.15, 0.2) is 41.1 Å². The average molecular weight is 187 g/mol. The van der Waals surface area contributed by atoms with Crippen LogP contribution < -0.4 is 0 Å². The highest BCUT2D eigenvalue weighted by Crippen LogP contribution is 2.28.